The van der Waals surface area contributed by atoms with Gasteiger partial charge in [-0.3, -0.25) is 14.9 Å². The molecule has 1 saturated carbocycles. The number of hydrogen-bond donors (Lipinski definition) is 3. The van der Waals surface area contributed by atoms with Crippen molar-refractivity contribution in [1.82, 2.24) is 0 Å². The van der Waals surface area contributed by atoms with E-state index in [0.717, 1.165) is 18.9 Å². The Morgan fingerprint density at radius 2 is 2.10 bits per heavy atom. The average molecular weight is 293 g/mol. The number of anilines is 1. The summed E-state index contributed by atoms with van der Waals surface area (Å²) in [7, 11) is 0. The Kier molecular flexibility index (Phi) is 3.54. The molecule has 2 rings (SSSR count). The number of hydrogen-bond acceptors (Lipinski definition) is 5. The summed E-state index contributed by atoms with van der Waals surface area (Å²) >= 11 is 0. The number of rotatable bonds is 6. The summed E-state index contributed by atoms with van der Waals surface area (Å²) in [6.45, 7) is 1.48. The first-order valence-corrected chi connectivity index (χ1v) is 6.35. The molecule has 0 aromatic heterocycles. The van der Waals surface area contributed by atoms with Gasteiger partial charge in [0.2, 0.25) is 5.91 Å². The topological polar surface area (TPSA) is 136 Å². The van der Waals surface area contributed by atoms with Crippen LogP contribution in [0.3, 0.4) is 0 Å². The van der Waals surface area contributed by atoms with Crippen molar-refractivity contribution in [3.05, 3.63) is 33.9 Å². The fourth-order valence-corrected chi connectivity index (χ4v) is 2.22. The Labute approximate surface area is 120 Å². The minimum absolute atomic E-state index is 0.0203. The largest absolute Gasteiger partial charge is 0.480 e. The summed E-state index contributed by atoms with van der Waals surface area (Å²) in [4.78, 5) is 33.1. The summed E-state index contributed by atoms with van der Waals surface area (Å²) in [5.74, 6) is -1.94. The average Bonchev–Trinajstić information content (AvgIpc) is 3.22. The number of carbonyl (C=O) groups excluding carboxylic acids is 1. The van der Waals surface area contributed by atoms with E-state index >= 15 is 0 Å². The molecule has 1 amide bonds. The maximum absolute atomic E-state index is 11.5. The van der Waals surface area contributed by atoms with E-state index in [1.165, 1.54) is 19.1 Å². The second-order valence-electron chi connectivity index (χ2n) is 5.26. The highest BCUT2D eigenvalue weighted by Crippen LogP contribution is 2.43. The molecule has 0 spiro atoms. The molecule has 1 atom stereocenters. The number of carboxylic acid groups (broad SMARTS) is 1. The van der Waals surface area contributed by atoms with Gasteiger partial charge in [-0.25, -0.2) is 4.79 Å². The van der Waals surface area contributed by atoms with Gasteiger partial charge in [0.25, 0.3) is 5.69 Å². The molecule has 0 bridgehead atoms. The highest BCUT2D eigenvalue weighted by Gasteiger charge is 2.48. The van der Waals surface area contributed by atoms with Crippen molar-refractivity contribution in [2.45, 2.75) is 25.3 Å². The lowest BCUT2D eigenvalue weighted by Gasteiger charge is -2.27. The number of primary amides is 1. The van der Waals surface area contributed by atoms with Crippen LogP contribution in [-0.4, -0.2) is 27.4 Å². The lowest BCUT2D eigenvalue weighted by molar-refractivity contribution is -0.384. The fraction of sp³-hybridized carbons (Fsp3) is 0.385. The number of amides is 1. The summed E-state index contributed by atoms with van der Waals surface area (Å²) < 4.78 is 0. The number of nitro groups is 1. The molecule has 8 nitrogen and oxygen atoms in total. The van der Waals surface area contributed by atoms with Crippen molar-refractivity contribution in [3.8, 4) is 0 Å². The first kappa shape index (κ1) is 14.8. The lowest BCUT2D eigenvalue weighted by atomic mass is 9.95. The van der Waals surface area contributed by atoms with E-state index in [2.05, 4.69) is 5.32 Å². The van der Waals surface area contributed by atoms with Crippen LogP contribution >= 0.6 is 0 Å². The zero-order valence-corrected chi connectivity index (χ0v) is 11.3. The standard InChI is InChI=1S/C13H15N3O5/c1-13(12(18)19,8-3-4-8)15-9-6-7(11(14)17)2-5-10(9)16(20)21/h2,5-6,8,15H,3-4H2,1H3,(H2,14,17)(H,18,19). The van der Waals surface area contributed by atoms with Crippen LogP contribution in [0.25, 0.3) is 0 Å². The molecule has 4 N–H and O–H groups in total. The van der Waals surface area contributed by atoms with Crippen LogP contribution in [0.4, 0.5) is 11.4 Å². The van der Waals surface area contributed by atoms with Crippen LogP contribution in [0.1, 0.15) is 30.1 Å². The van der Waals surface area contributed by atoms with E-state index < -0.39 is 22.3 Å². The van der Waals surface area contributed by atoms with E-state index in [0.29, 0.717) is 0 Å². The molecule has 21 heavy (non-hydrogen) atoms. The van der Waals surface area contributed by atoms with Crippen molar-refractivity contribution in [3.63, 3.8) is 0 Å². The van der Waals surface area contributed by atoms with E-state index in [1.807, 2.05) is 0 Å². The first-order chi connectivity index (χ1) is 9.75. The van der Waals surface area contributed by atoms with Gasteiger partial charge in [-0.2, -0.15) is 0 Å². The predicted octanol–water partition coefficient (Wildman–Crippen LogP) is 1.36. The molecule has 0 heterocycles. The van der Waals surface area contributed by atoms with E-state index in [1.54, 1.807) is 0 Å². The third kappa shape index (κ3) is 2.78. The molecular weight excluding hydrogens is 278 g/mol. The highest BCUT2D eigenvalue weighted by atomic mass is 16.6. The van der Waals surface area contributed by atoms with Crippen LogP contribution in [0.15, 0.2) is 18.2 Å². The van der Waals surface area contributed by atoms with Crippen molar-refractivity contribution in [2.24, 2.45) is 11.7 Å². The molecule has 1 unspecified atom stereocenters. The Morgan fingerprint density at radius 3 is 2.52 bits per heavy atom. The number of nitrogens with two attached hydrogens (primary N) is 1. The molecule has 0 aliphatic heterocycles. The van der Waals surface area contributed by atoms with Gasteiger partial charge in [0.1, 0.15) is 11.2 Å². The van der Waals surface area contributed by atoms with Crippen molar-refractivity contribution in [1.29, 1.82) is 0 Å². The normalized spacial score (nSPS) is 16.8. The Hall–Kier alpha value is -2.64. The van der Waals surface area contributed by atoms with Gasteiger partial charge in [0, 0.05) is 11.6 Å². The second-order valence-corrected chi connectivity index (χ2v) is 5.26. The van der Waals surface area contributed by atoms with Crippen LogP contribution in [-0.2, 0) is 4.79 Å². The van der Waals surface area contributed by atoms with E-state index in [-0.39, 0.29) is 22.9 Å². The molecule has 1 aromatic rings. The summed E-state index contributed by atoms with van der Waals surface area (Å²) in [6.07, 6.45) is 1.47. The summed E-state index contributed by atoms with van der Waals surface area (Å²) in [5, 5.41) is 23.1. The minimum atomic E-state index is -1.32. The zero-order chi connectivity index (χ0) is 15.8. The fourth-order valence-electron chi connectivity index (χ4n) is 2.22. The SMILES string of the molecule is CC(Nc1cc(C(N)=O)ccc1[N+](=O)[O-])(C(=O)O)C1CC1. The van der Waals surface area contributed by atoms with E-state index in [4.69, 9.17) is 5.73 Å². The van der Waals surface area contributed by atoms with Crippen molar-refractivity contribution >= 4 is 23.3 Å². The zero-order valence-electron chi connectivity index (χ0n) is 11.3. The van der Waals surface area contributed by atoms with Gasteiger partial charge >= 0.3 is 5.97 Å². The quantitative estimate of drug-likeness (QED) is 0.535. The number of nitro benzene ring substituents is 1. The lowest BCUT2D eigenvalue weighted by Crippen LogP contribution is -2.45. The first-order valence-electron chi connectivity index (χ1n) is 6.35. The molecule has 1 aromatic carbocycles. The number of aliphatic carboxylic acids is 1. The van der Waals surface area contributed by atoms with Crippen LogP contribution in [0.2, 0.25) is 0 Å². The molecule has 1 aliphatic carbocycles. The molecular formula is C13H15N3O5. The van der Waals surface area contributed by atoms with E-state index in [9.17, 15) is 24.8 Å². The number of carbonyl (C=O) groups is 2. The monoisotopic (exact) mass is 293 g/mol. The molecule has 1 aliphatic rings. The molecule has 0 radical (unpaired) electrons. The van der Waals surface area contributed by atoms with Gasteiger partial charge in [0.05, 0.1) is 4.92 Å². The van der Waals surface area contributed by atoms with Gasteiger partial charge < -0.3 is 16.2 Å². The maximum Gasteiger partial charge on any atom is 0.329 e. The Bertz CT molecular complexity index is 626. The van der Waals surface area contributed by atoms with Gasteiger partial charge in [-0.15, -0.1) is 0 Å². The maximum atomic E-state index is 11.5. The minimum Gasteiger partial charge on any atom is -0.480 e. The van der Waals surface area contributed by atoms with Crippen molar-refractivity contribution < 1.29 is 19.6 Å². The number of carboxylic acids is 1. The molecule has 0 saturated heterocycles. The molecule has 1 fully saturated rings. The van der Waals surface area contributed by atoms with Crippen LogP contribution in [0, 0.1) is 16.0 Å². The Morgan fingerprint density at radius 1 is 1.48 bits per heavy atom. The van der Waals surface area contributed by atoms with Crippen LogP contribution < -0.4 is 11.1 Å². The predicted molar refractivity (Wildman–Crippen MR) is 74.0 cm³/mol. The van der Waals surface area contributed by atoms with Gasteiger partial charge in [0.15, 0.2) is 0 Å². The summed E-state index contributed by atoms with van der Waals surface area (Å²) in [5.41, 5.74) is 3.59. The third-order valence-corrected chi connectivity index (χ3v) is 3.71. The molecule has 8 heteroatoms. The Balaban J connectivity index is 2.45. The number of nitrogens with one attached hydrogen (secondary N) is 1. The van der Waals surface area contributed by atoms with Gasteiger partial charge in [-0.1, -0.05) is 0 Å². The van der Waals surface area contributed by atoms with Crippen LogP contribution in [0.5, 0.6) is 0 Å². The molecule has 112 valence electrons. The number of nitrogens with zero attached hydrogens (tertiary/aromatic N) is 1. The van der Waals surface area contributed by atoms with Gasteiger partial charge in [-0.05, 0) is 37.8 Å². The highest BCUT2D eigenvalue weighted by molar-refractivity contribution is 5.95. The second kappa shape index (κ2) is 5.04. The van der Waals surface area contributed by atoms with Crippen molar-refractivity contribution in [2.75, 3.05) is 5.32 Å². The third-order valence-electron chi connectivity index (χ3n) is 3.71. The number of benzene rings is 1. The summed E-state index contributed by atoms with van der Waals surface area (Å²) in [6, 6.07) is 3.59. The smallest absolute Gasteiger partial charge is 0.329 e.